The van der Waals surface area contributed by atoms with Gasteiger partial charge >= 0.3 is 0 Å². The van der Waals surface area contributed by atoms with Crippen molar-refractivity contribution in [3.05, 3.63) is 0 Å². The number of hydrogen-bond acceptors (Lipinski definition) is 9. The van der Waals surface area contributed by atoms with Crippen LogP contribution in [0.2, 0.25) is 0 Å². The van der Waals surface area contributed by atoms with Crippen molar-refractivity contribution in [3.8, 4) is 0 Å². The topological polar surface area (TPSA) is 221 Å². The van der Waals surface area contributed by atoms with Crippen LogP contribution in [0.15, 0.2) is 0 Å². The summed E-state index contributed by atoms with van der Waals surface area (Å²) in [5.74, 6) is -2.58. The summed E-state index contributed by atoms with van der Waals surface area (Å²) in [6.45, 7) is 8.94. The average Bonchev–Trinajstić information content (AvgIpc) is 3.14. The van der Waals surface area contributed by atoms with Crippen LogP contribution in [0, 0.1) is 23.7 Å². The summed E-state index contributed by atoms with van der Waals surface area (Å²) < 4.78 is 12.0. The fraction of sp³-hybridized carbons (Fsp3) is 0.868. The van der Waals surface area contributed by atoms with Crippen LogP contribution in [-0.4, -0.2) is 105 Å². The van der Waals surface area contributed by atoms with Crippen LogP contribution in [0.1, 0.15) is 118 Å². The molecule has 2 rings (SSSR count). The maximum atomic E-state index is 14.2. The SMILES string of the molecule is CCC[C@@H](C(=O)N[C@H](C(=O)N[C@@H](CN)C(N)=O)C1CCCCC1)N(C)C(=O)[C@H](C)[C@@H](CC1CCCCC1)OC[C@@H](C)NC(=O)[C@@H](C)COCCCN. The van der Waals surface area contributed by atoms with E-state index in [1.165, 1.54) is 11.3 Å². The molecule has 2 fully saturated rings. The first-order chi connectivity index (χ1) is 24.8. The van der Waals surface area contributed by atoms with Gasteiger partial charge in [-0.1, -0.05) is 78.6 Å². The molecule has 2 aliphatic rings. The maximum Gasteiger partial charge on any atom is 0.243 e. The number of hydrogen-bond donors (Lipinski definition) is 6. The first kappa shape index (κ1) is 45.3. The average molecular weight is 738 g/mol. The molecule has 14 heteroatoms. The number of nitrogens with one attached hydrogen (secondary N) is 3. The van der Waals surface area contributed by atoms with Crippen molar-refractivity contribution in [1.82, 2.24) is 20.9 Å². The zero-order valence-electron chi connectivity index (χ0n) is 32.7. The van der Waals surface area contributed by atoms with E-state index in [1.807, 2.05) is 27.7 Å². The highest BCUT2D eigenvalue weighted by atomic mass is 16.5. The number of carbonyl (C=O) groups excluding carboxylic acids is 5. The zero-order chi connectivity index (χ0) is 38.6. The van der Waals surface area contributed by atoms with Gasteiger partial charge in [-0.25, -0.2) is 0 Å². The van der Waals surface area contributed by atoms with Crippen LogP contribution >= 0.6 is 0 Å². The van der Waals surface area contributed by atoms with Crippen LogP contribution < -0.4 is 33.2 Å². The third-order valence-electron chi connectivity index (χ3n) is 10.8. The number of carbonyl (C=O) groups is 5. The Morgan fingerprint density at radius 3 is 2.04 bits per heavy atom. The first-order valence-electron chi connectivity index (χ1n) is 19.9. The lowest BCUT2D eigenvalue weighted by molar-refractivity contribution is -0.147. The van der Waals surface area contributed by atoms with E-state index in [0.717, 1.165) is 64.2 Å². The summed E-state index contributed by atoms with van der Waals surface area (Å²) in [4.78, 5) is 67.9. The van der Waals surface area contributed by atoms with E-state index in [2.05, 4.69) is 16.0 Å². The molecule has 52 heavy (non-hydrogen) atoms. The largest absolute Gasteiger partial charge is 0.381 e. The molecule has 0 heterocycles. The van der Waals surface area contributed by atoms with E-state index in [0.29, 0.717) is 44.9 Å². The Bertz CT molecular complexity index is 1100. The standard InChI is InChI=1S/C38H71N7O7/c1-6-14-31(36(48)44-33(29-17-11-8-12-18-29)37(49)43-30(22-40)34(41)46)45(5)38(50)27(4)32(21-28-15-9-7-10-16-28)52-24-26(3)42-35(47)25(2)23-51-20-13-19-39/h25-33H,6-24,39-40H2,1-5H3,(H2,41,46)(H,42,47)(H,43,49)(H,44,48)/t25-,26+,27+,30-,31-,32+,33-/m0/s1. The molecular weight excluding hydrogens is 666 g/mol. The number of likely N-dealkylation sites (N-methyl/N-ethyl adjacent to an activating group) is 1. The Labute approximate surface area is 312 Å². The molecule has 0 aromatic heterocycles. The lowest BCUT2D eigenvalue weighted by atomic mass is 9.82. The number of amides is 5. The van der Waals surface area contributed by atoms with Crippen LogP contribution in [0.25, 0.3) is 0 Å². The molecule has 9 N–H and O–H groups in total. The molecule has 0 unspecified atom stereocenters. The summed E-state index contributed by atoms with van der Waals surface area (Å²) in [5.41, 5.74) is 16.6. The van der Waals surface area contributed by atoms with E-state index in [-0.39, 0.29) is 42.8 Å². The maximum absolute atomic E-state index is 14.2. The van der Waals surface area contributed by atoms with Gasteiger partial charge in [0, 0.05) is 26.2 Å². The second kappa shape index (κ2) is 24.5. The van der Waals surface area contributed by atoms with Gasteiger partial charge in [-0.05, 0) is 57.4 Å². The number of nitrogens with zero attached hydrogens (tertiary/aromatic N) is 1. The molecule has 5 amide bonds. The van der Waals surface area contributed by atoms with Gasteiger partial charge in [0.05, 0.1) is 31.2 Å². The molecular formula is C38H71N7O7. The zero-order valence-corrected chi connectivity index (χ0v) is 32.7. The number of rotatable bonds is 24. The highest BCUT2D eigenvalue weighted by Crippen LogP contribution is 2.31. The molecule has 300 valence electrons. The molecule has 0 aromatic rings. The summed E-state index contributed by atoms with van der Waals surface area (Å²) in [6, 6.07) is -3.04. The molecule has 0 radical (unpaired) electrons. The van der Waals surface area contributed by atoms with Gasteiger partial charge in [0.25, 0.3) is 0 Å². The Hall–Kier alpha value is -2.81. The third-order valence-corrected chi connectivity index (χ3v) is 10.8. The third kappa shape index (κ3) is 15.3. The second-order valence-electron chi connectivity index (χ2n) is 15.3. The molecule has 0 aliphatic heterocycles. The van der Waals surface area contributed by atoms with Crippen LogP contribution in [-0.2, 0) is 33.4 Å². The van der Waals surface area contributed by atoms with Gasteiger partial charge in [-0.15, -0.1) is 0 Å². The van der Waals surface area contributed by atoms with E-state index < -0.39 is 47.9 Å². The minimum Gasteiger partial charge on any atom is -0.381 e. The van der Waals surface area contributed by atoms with E-state index >= 15 is 0 Å². The van der Waals surface area contributed by atoms with Crippen molar-refractivity contribution in [2.45, 2.75) is 148 Å². The molecule has 14 nitrogen and oxygen atoms in total. The quantitative estimate of drug-likeness (QED) is 0.0798. The summed E-state index contributed by atoms with van der Waals surface area (Å²) in [6.07, 6.45) is 12.2. The van der Waals surface area contributed by atoms with Gasteiger partial charge in [0.15, 0.2) is 0 Å². The molecule has 0 saturated heterocycles. The summed E-state index contributed by atoms with van der Waals surface area (Å²) >= 11 is 0. The minimum absolute atomic E-state index is 0.117. The van der Waals surface area contributed by atoms with Crippen molar-refractivity contribution in [3.63, 3.8) is 0 Å². The van der Waals surface area contributed by atoms with Crippen molar-refractivity contribution in [1.29, 1.82) is 0 Å². The van der Waals surface area contributed by atoms with Crippen molar-refractivity contribution in [2.75, 3.05) is 40.0 Å². The van der Waals surface area contributed by atoms with Gasteiger partial charge in [-0.3, -0.25) is 24.0 Å². The van der Waals surface area contributed by atoms with Gasteiger partial charge in [0.2, 0.25) is 29.5 Å². The lowest BCUT2D eigenvalue weighted by Crippen LogP contribution is -2.60. The Balaban J connectivity index is 2.18. The van der Waals surface area contributed by atoms with Gasteiger partial charge in [0.1, 0.15) is 18.1 Å². The molecule has 2 aliphatic carbocycles. The monoisotopic (exact) mass is 738 g/mol. The highest BCUT2D eigenvalue weighted by Gasteiger charge is 2.38. The Kier molecular flexibility index (Phi) is 21.4. The van der Waals surface area contributed by atoms with E-state index in [1.54, 1.807) is 7.05 Å². The van der Waals surface area contributed by atoms with Crippen LogP contribution in [0.5, 0.6) is 0 Å². The van der Waals surface area contributed by atoms with Crippen molar-refractivity contribution < 1.29 is 33.4 Å². The first-order valence-corrected chi connectivity index (χ1v) is 19.9. The predicted molar refractivity (Wildman–Crippen MR) is 202 cm³/mol. The number of ether oxygens (including phenoxy) is 2. The smallest absolute Gasteiger partial charge is 0.243 e. The Morgan fingerprint density at radius 1 is 0.827 bits per heavy atom. The van der Waals surface area contributed by atoms with Crippen LogP contribution in [0.3, 0.4) is 0 Å². The predicted octanol–water partition coefficient (Wildman–Crippen LogP) is 2.11. The molecule has 0 spiro atoms. The molecule has 0 aromatic carbocycles. The fourth-order valence-electron chi connectivity index (χ4n) is 7.41. The summed E-state index contributed by atoms with van der Waals surface area (Å²) in [7, 11) is 1.64. The summed E-state index contributed by atoms with van der Waals surface area (Å²) in [5, 5.41) is 8.62. The number of primary amides is 1. The molecule has 0 bridgehead atoms. The second-order valence-corrected chi connectivity index (χ2v) is 15.3. The minimum atomic E-state index is -1.05. The molecule has 7 atom stereocenters. The van der Waals surface area contributed by atoms with Gasteiger partial charge < -0.3 is 47.5 Å². The van der Waals surface area contributed by atoms with Crippen molar-refractivity contribution >= 4 is 29.5 Å². The van der Waals surface area contributed by atoms with E-state index in [4.69, 9.17) is 26.7 Å². The van der Waals surface area contributed by atoms with Gasteiger partial charge in [-0.2, -0.15) is 0 Å². The normalized spacial score (nSPS) is 19.7. The fourth-order valence-corrected chi connectivity index (χ4v) is 7.41. The number of nitrogens with two attached hydrogens (primary N) is 3. The lowest BCUT2D eigenvalue weighted by Gasteiger charge is -2.36. The molecule has 2 saturated carbocycles. The van der Waals surface area contributed by atoms with Crippen LogP contribution in [0.4, 0.5) is 0 Å². The highest BCUT2D eigenvalue weighted by molar-refractivity contribution is 5.94. The van der Waals surface area contributed by atoms with Crippen molar-refractivity contribution in [2.24, 2.45) is 40.9 Å². The van der Waals surface area contributed by atoms with E-state index in [9.17, 15) is 24.0 Å². The Morgan fingerprint density at radius 2 is 1.46 bits per heavy atom.